The number of imide groups is 1. The molecule has 4 heteroatoms. The lowest BCUT2D eigenvalue weighted by molar-refractivity contribution is -0.140. The third kappa shape index (κ3) is 3.10. The quantitative estimate of drug-likeness (QED) is 0.743. The Hall–Kier alpha value is -1.19. The van der Waals surface area contributed by atoms with Crippen molar-refractivity contribution in [2.75, 3.05) is 6.54 Å². The number of ketones is 1. The lowest BCUT2D eigenvalue weighted by Gasteiger charge is -2.30. The molecule has 2 rings (SSSR count). The number of rotatable bonds is 4. The van der Waals surface area contributed by atoms with Crippen LogP contribution in [0.25, 0.3) is 0 Å². The van der Waals surface area contributed by atoms with Gasteiger partial charge in [-0.25, -0.2) is 0 Å². The van der Waals surface area contributed by atoms with Crippen molar-refractivity contribution in [1.29, 1.82) is 0 Å². The maximum absolute atomic E-state index is 12.0. The summed E-state index contributed by atoms with van der Waals surface area (Å²) in [5.41, 5.74) is 0. The molecule has 1 aliphatic carbocycles. The highest BCUT2D eigenvalue weighted by atomic mass is 16.2. The topological polar surface area (TPSA) is 54.5 Å². The van der Waals surface area contributed by atoms with Crippen LogP contribution in [0.15, 0.2) is 0 Å². The maximum atomic E-state index is 12.0. The van der Waals surface area contributed by atoms with E-state index < -0.39 is 0 Å². The van der Waals surface area contributed by atoms with Gasteiger partial charge in [-0.2, -0.15) is 0 Å². The van der Waals surface area contributed by atoms with Crippen LogP contribution in [0.3, 0.4) is 0 Å². The lowest BCUT2D eigenvalue weighted by atomic mass is 9.77. The zero-order chi connectivity index (χ0) is 14.9. The number of nitrogens with zero attached hydrogens (tertiary/aromatic N) is 1. The molecule has 0 unspecified atom stereocenters. The molecule has 0 spiro atoms. The Morgan fingerprint density at radius 1 is 1.20 bits per heavy atom. The molecule has 2 fully saturated rings. The van der Waals surface area contributed by atoms with Gasteiger partial charge in [0.25, 0.3) is 0 Å². The van der Waals surface area contributed by atoms with Crippen molar-refractivity contribution in [2.45, 2.75) is 52.9 Å². The first kappa shape index (κ1) is 15.2. The Balaban J connectivity index is 1.84. The molecular weight excluding hydrogens is 254 g/mol. The number of carbonyl (C=O) groups is 3. The van der Waals surface area contributed by atoms with Gasteiger partial charge in [0.2, 0.25) is 11.8 Å². The lowest BCUT2D eigenvalue weighted by Crippen LogP contribution is -2.37. The van der Waals surface area contributed by atoms with E-state index in [0.717, 1.165) is 25.7 Å². The van der Waals surface area contributed by atoms with Gasteiger partial charge >= 0.3 is 0 Å². The smallest absolute Gasteiger partial charge is 0.232 e. The molecule has 20 heavy (non-hydrogen) atoms. The molecule has 0 aromatic rings. The van der Waals surface area contributed by atoms with E-state index in [1.54, 1.807) is 0 Å². The van der Waals surface area contributed by atoms with Crippen molar-refractivity contribution in [3.63, 3.8) is 0 Å². The zero-order valence-corrected chi connectivity index (χ0v) is 12.7. The summed E-state index contributed by atoms with van der Waals surface area (Å²) in [7, 11) is 0. The van der Waals surface area contributed by atoms with E-state index in [-0.39, 0.29) is 29.6 Å². The van der Waals surface area contributed by atoms with E-state index in [4.69, 9.17) is 0 Å². The molecule has 0 radical (unpaired) electrons. The number of hydrogen-bond donors (Lipinski definition) is 0. The average Bonchev–Trinajstić information content (AvgIpc) is 2.65. The van der Waals surface area contributed by atoms with E-state index in [1.807, 2.05) is 20.8 Å². The summed E-state index contributed by atoms with van der Waals surface area (Å²) in [4.78, 5) is 37.1. The second-order valence-electron chi connectivity index (χ2n) is 6.72. The van der Waals surface area contributed by atoms with Crippen molar-refractivity contribution >= 4 is 17.6 Å². The molecule has 2 amide bonds. The molecular formula is C16H25NO3. The van der Waals surface area contributed by atoms with Gasteiger partial charge in [0.05, 0.1) is 0 Å². The van der Waals surface area contributed by atoms with E-state index in [0.29, 0.717) is 24.7 Å². The average molecular weight is 279 g/mol. The predicted octanol–water partition coefficient (Wildman–Crippen LogP) is 2.41. The van der Waals surface area contributed by atoms with Crippen LogP contribution < -0.4 is 0 Å². The summed E-state index contributed by atoms with van der Waals surface area (Å²) in [5.74, 6) is 0.851. The van der Waals surface area contributed by atoms with E-state index >= 15 is 0 Å². The normalized spacial score (nSPS) is 31.2. The van der Waals surface area contributed by atoms with Crippen molar-refractivity contribution in [1.82, 2.24) is 4.90 Å². The fourth-order valence-corrected chi connectivity index (χ4v) is 3.40. The first-order chi connectivity index (χ1) is 9.40. The molecule has 1 saturated heterocycles. The summed E-state index contributed by atoms with van der Waals surface area (Å²) in [5, 5.41) is 0. The molecule has 112 valence electrons. The Labute approximate surface area is 120 Å². The molecule has 1 heterocycles. The predicted molar refractivity (Wildman–Crippen MR) is 75.8 cm³/mol. The Bertz CT molecular complexity index is 408. The highest BCUT2D eigenvalue weighted by Crippen LogP contribution is 2.32. The van der Waals surface area contributed by atoms with Crippen LogP contribution >= 0.6 is 0 Å². The summed E-state index contributed by atoms with van der Waals surface area (Å²) in [6.45, 7) is 6.29. The number of carbonyl (C=O) groups excluding carboxylic acids is 3. The minimum Gasteiger partial charge on any atom is -0.299 e. The first-order valence-electron chi connectivity index (χ1n) is 7.78. The highest BCUT2D eigenvalue weighted by Gasteiger charge is 2.37. The van der Waals surface area contributed by atoms with Crippen LogP contribution in [0.5, 0.6) is 0 Å². The Morgan fingerprint density at radius 3 is 2.25 bits per heavy atom. The third-order valence-electron chi connectivity index (χ3n) is 4.73. The molecule has 2 aliphatic rings. The molecule has 1 atom stereocenters. The standard InChI is InChI=1S/C16H25NO3/c1-10(2)15(19)13-6-4-12(5-7-13)9-17-14(18)8-11(3)16(17)20/h10-13H,4-9H2,1-3H3/t11-,12?,13?/m0/s1. The summed E-state index contributed by atoms with van der Waals surface area (Å²) < 4.78 is 0. The Kier molecular flexibility index (Phi) is 4.61. The Morgan fingerprint density at radius 2 is 1.80 bits per heavy atom. The van der Waals surface area contributed by atoms with Crippen LogP contribution in [0, 0.1) is 23.7 Å². The fourth-order valence-electron chi connectivity index (χ4n) is 3.40. The number of amides is 2. The van der Waals surface area contributed by atoms with Crippen LogP contribution in [-0.2, 0) is 14.4 Å². The van der Waals surface area contributed by atoms with E-state index in [9.17, 15) is 14.4 Å². The molecule has 1 aliphatic heterocycles. The number of hydrogen-bond acceptors (Lipinski definition) is 3. The van der Waals surface area contributed by atoms with Gasteiger partial charge in [-0.05, 0) is 31.6 Å². The van der Waals surface area contributed by atoms with Gasteiger partial charge in [-0.1, -0.05) is 20.8 Å². The molecule has 1 saturated carbocycles. The van der Waals surface area contributed by atoms with Crippen molar-refractivity contribution in [3.05, 3.63) is 0 Å². The van der Waals surface area contributed by atoms with Gasteiger partial charge in [0, 0.05) is 30.7 Å². The van der Waals surface area contributed by atoms with Crippen LogP contribution in [-0.4, -0.2) is 29.0 Å². The summed E-state index contributed by atoms with van der Waals surface area (Å²) in [6.07, 6.45) is 4.09. The number of Topliss-reactive ketones (excluding diaryl/α,β-unsaturated/α-hetero) is 1. The molecule has 0 aromatic carbocycles. The third-order valence-corrected chi connectivity index (χ3v) is 4.73. The second kappa shape index (κ2) is 6.06. The van der Waals surface area contributed by atoms with Gasteiger partial charge in [-0.15, -0.1) is 0 Å². The second-order valence-corrected chi connectivity index (χ2v) is 6.72. The zero-order valence-electron chi connectivity index (χ0n) is 12.7. The summed E-state index contributed by atoms with van der Waals surface area (Å²) in [6, 6.07) is 0. The van der Waals surface area contributed by atoms with Crippen LogP contribution in [0.4, 0.5) is 0 Å². The molecule has 0 aromatic heterocycles. The van der Waals surface area contributed by atoms with Crippen molar-refractivity contribution in [2.24, 2.45) is 23.7 Å². The van der Waals surface area contributed by atoms with Gasteiger partial charge in [-0.3, -0.25) is 19.3 Å². The molecule has 0 bridgehead atoms. The SMILES string of the molecule is CC(C)C(=O)C1CCC(CN2C(=O)C[C@H](C)C2=O)CC1. The number of likely N-dealkylation sites (tertiary alicyclic amines) is 1. The van der Waals surface area contributed by atoms with Gasteiger partial charge in [0.15, 0.2) is 0 Å². The molecule has 0 N–H and O–H groups in total. The summed E-state index contributed by atoms with van der Waals surface area (Å²) >= 11 is 0. The monoisotopic (exact) mass is 279 g/mol. The fraction of sp³-hybridized carbons (Fsp3) is 0.812. The van der Waals surface area contributed by atoms with Crippen LogP contribution in [0.1, 0.15) is 52.9 Å². The maximum Gasteiger partial charge on any atom is 0.232 e. The minimum atomic E-state index is -0.152. The van der Waals surface area contributed by atoms with E-state index in [2.05, 4.69) is 0 Å². The van der Waals surface area contributed by atoms with Crippen molar-refractivity contribution < 1.29 is 14.4 Å². The first-order valence-corrected chi connectivity index (χ1v) is 7.78. The highest BCUT2D eigenvalue weighted by molar-refractivity contribution is 6.03. The van der Waals surface area contributed by atoms with Gasteiger partial charge < -0.3 is 0 Å². The van der Waals surface area contributed by atoms with Crippen LogP contribution in [0.2, 0.25) is 0 Å². The molecule has 4 nitrogen and oxygen atoms in total. The minimum absolute atomic E-state index is 0.0182. The largest absolute Gasteiger partial charge is 0.299 e. The van der Waals surface area contributed by atoms with E-state index in [1.165, 1.54) is 4.90 Å². The van der Waals surface area contributed by atoms with Gasteiger partial charge in [0.1, 0.15) is 5.78 Å². The van der Waals surface area contributed by atoms with Crippen molar-refractivity contribution in [3.8, 4) is 0 Å².